The third kappa shape index (κ3) is 2.46. The van der Waals surface area contributed by atoms with Crippen LogP contribution in [0.1, 0.15) is 42.5 Å². The molecule has 4 nitrogen and oxygen atoms in total. The molecule has 0 spiro atoms. The Bertz CT molecular complexity index is 533. The second kappa shape index (κ2) is 5.20. The molecule has 5 heteroatoms. The molecule has 1 saturated heterocycles. The van der Waals surface area contributed by atoms with E-state index in [4.69, 9.17) is 0 Å². The minimum Gasteiger partial charge on any atom is -0.340 e. The van der Waals surface area contributed by atoms with Crippen LogP contribution >= 0.6 is 11.3 Å². The summed E-state index contributed by atoms with van der Waals surface area (Å²) in [5.41, 5.74) is 0.468. The minimum atomic E-state index is -0.773. The van der Waals surface area contributed by atoms with Crippen molar-refractivity contribution in [2.75, 3.05) is 0 Å². The van der Waals surface area contributed by atoms with Crippen molar-refractivity contribution in [3.05, 3.63) is 21.4 Å². The molecule has 1 fully saturated rings. The van der Waals surface area contributed by atoms with E-state index in [2.05, 4.69) is 25.2 Å². The molecule has 0 aliphatic carbocycles. The molecule has 0 bridgehead atoms. The summed E-state index contributed by atoms with van der Waals surface area (Å²) in [5.74, 6) is -0.0604. The van der Waals surface area contributed by atoms with Gasteiger partial charge in [-0.05, 0) is 45.7 Å². The van der Waals surface area contributed by atoms with Crippen LogP contribution in [0.3, 0.4) is 0 Å². The normalized spacial score (nSPS) is 26.9. The van der Waals surface area contributed by atoms with Gasteiger partial charge in [0.15, 0.2) is 0 Å². The van der Waals surface area contributed by atoms with Crippen molar-refractivity contribution in [2.24, 2.45) is 0 Å². The third-order valence-corrected chi connectivity index (χ3v) is 5.37. The van der Waals surface area contributed by atoms with Crippen molar-refractivity contribution < 1.29 is 9.59 Å². The van der Waals surface area contributed by atoms with E-state index in [0.29, 0.717) is 13.0 Å². The molecule has 2 heterocycles. The number of piperazine rings is 1. The highest BCUT2D eigenvalue weighted by Crippen LogP contribution is 2.27. The van der Waals surface area contributed by atoms with E-state index in [9.17, 15) is 9.59 Å². The van der Waals surface area contributed by atoms with E-state index in [1.807, 2.05) is 6.92 Å². The second-order valence-corrected chi connectivity index (χ2v) is 7.08. The number of nitrogens with one attached hydrogen (secondary N) is 1. The van der Waals surface area contributed by atoms with Gasteiger partial charge in [0.25, 0.3) is 0 Å². The first kappa shape index (κ1) is 15.0. The number of carbonyl (C=O) groups excluding carboxylic acids is 2. The van der Waals surface area contributed by atoms with Gasteiger partial charge in [0.2, 0.25) is 11.8 Å². The van der Waals surface area contributed by atoms with E-state index in [-0.39, 0.29) is 11.8 Å². The molecule has 1 aliphatic rings. The summed E-state index contributed by atoms with van der Waals surface area (Å²) in [6.07, 6.45) is 0.600. The molecule has 1 aromatic heterocycles. The molecule has 1 N–H and O–H groups in total. The smallest absolute Gasteiger partial charge is 0.249 e. The lowest BCUT2D eigenvalue weighted by molar-refractivity contribution is -0.154. The van der Waals surface area contributed by atoms with Crippen LogP contribution in [-0.4, -0.2) is 28.3 Å². The van der Waals surface area contributed by atoms with Gasteiger partial charge in [0.05, 0.1) is 6.54 Å². The Morgan fingerprint density at radius 1 is 1.40 bits per heavy atom. The topological polar surface area (TPSA) is 49.4 Å². The highest BCUT2D eigenvalue weighted by atomic mass is 32.1. The van der Waals surface area contributed by atoms with Gasteiger partial charge >= 0.3 is 0 Å². The summed E-state index contributed by atoms with van der Waals surface area (Å²) in [6, 6.07) is 1.69. The summed E-state index contributed by atoms with van der Waals surface area (Å²) < 4.78 is 0. The number of hydrogen-bond acceptors (Lipinski definition) is 3. The Morgan fingerprint density at radius 3 is 2.55 bits per heavy atom. The Labute approximate surface area is 124 Å². The third-order valence-electron chi connectivity index (χ3n) is 4.23. The predicted molar refractivity (Wildman–Crippen MR) is 80.6 cm³/mol. The zero-order valence-electron chi connectivity index (χ0n) is 12.7. The van der Waals surface area contributed by atoms with E-state index >= 15 is 0 Å². The number of nitrogens with zero attached hydrogens (tertiary/aromatic N) is 1. The molecule has 20 heavy (non-hydrogen) atoms. The van der Waals surface area contributed by atoms with E-state index < -0.39 is 11.6 Å². The van der Waals surface area contributed by atoms with Crippen LogP contribution in [0, 0.1) is 13.8 Å². The SMILES string of the molecule is CCC1(C)NC(=O)C(C)N(Cc2cc(C)c(C)s2)C1=O. The largest absolute Gasteiger partial charge is 0.340 e. The summed E-state index contributed by atoms with van der Waals surface area (Å²) >= 11 is 1.70. The maximum atomic E-state index is 12.6. The van der Waals surface area contributed by atoms with Crippen LogP contribution in [0.4, 0.5) is 0 Å². The van der Waals surface area contributed by atoms with Crippen molar-refractivity contribution in [1.82, 2.24) is 10.2 Å². The standard InChI is InChI=1S/C15H22N2O2S/c1-6-15(5)14(19)17(10(3)13(18)16-15)8-12-7-9(2)11(4)20-12/h7,10H,6,8H2,1-5H3,(H,16,18). The van der Waals surface area contributed by atoms with Gasteiger partial charge in [0.1, 0.15) is 11.6 Å². The maximum absolute atomic E-state index is 12.6. The van der Waals surface area contributed by atoms with Gasteiger partial charge in [-0.3, -0.25) is 9.59 Å². The Morgan fingerprint density at radius 2 is 2.05 bits per heavy atom. The first-order valence-corrected chi connectivity index (χ1v) is 7.79. The van der Waals surface area contributed by atoms with Crippen molar-refractivity contribution in [3.8, 4) is 0 Å². The first-order chi connectivity index (χ1) is 9.28. The summed E-state index contributed by atoms with van der Waals surface area (Å²) in [5, 5.41) is 2.85. The fraction of sp³-hybridized carbons (Fsp3) is 0.600. The van der Waals surface area contributed by atoms with Crippen LogP contribution in [-0.2, 0) is 16.1 Å². The van der Waals surface area contributed by atoms with E-state index in [1.54, 1.807) is 30.1 Å². The van der Waals surface area contributed by atoms with Crippen molar-refractivity contribution in [2.45, 2.75) is 59.2 Å². The number of hydrogen-bond donors (Lipinski definition) is 1. The molecule has 0 aromatic carbocycles. The number of amides is 2. The highest BCUT2D eigenvalue weighted by molar-refractivity contribution is 7.12. The molecule has 2 rings (SSSR count). The number of aryl methyl sites for hydroxylation is 2. The van der Waals surface area contributed by atoms with Crippen LogP contribution in [0.2, 0.25) is 0 Å². The quantitative estimate of drug-likeness (QED) is 0.930. The average molecular weight is 294 g/mol. The Balaban J connectivity index is 2.27. The summed E-state index contributed by atoms with van der Waals surface area (Å²) in [7, 11) is 0. The zero-order valence-corrected chi connectivity index (χ0v) is 13.6. The lowest BCUT2D eigenvalue weighted by Crippen LogP contribution is -2.67. The van der Waals surface area contributed by atoms with Gasteiger partial charge < -0.3 is 10.2 Å². The second-order valence-electron chi connectivity index (χ2n) is 5.74. The molecule has 2 atom stereocenters. The number of carbonyl (C=O) groups is 2. The predicted octanol–water partition coefficient (Wildman–Crippen LogP) is 2.38. The molecule has 1 aromatic rings. The molecule has 0 saturated carbocycles. The molecular weight excluding hydrogens is 272 g/mol. The minimum absolute atomic E-state index is 0.0100. The van der Waals surface area contributed by atoms with Crippen LogP contribution in [0.5, 0.6) is 0 Å². The monoisotopic (exact) mass is 294 g/mol. The molecule has 0 radical (unpaired) electrons. The van der Waals surface area contributed by atoms with Crippen molar-refractivity contribution >= 4 is 23.2 Å². The molecular formula is C15H22N2O2S. The molecule has 110 valence electrons. The van der Waals surface area contributed by atoms with Crippen LogP contribution in [0.25, 0.3) is 0 Å². The van der Waals surface area contributed by atoms with Gasteiger partial charge in [-0.15, -0.1) is 11.3 Å². The van der Waals surface area contributed by atoms with Gasteiger partial charge in [-0.2, -0.15) is 0 Å². The fourth-order valence-corrected chi connectivity index (χ4v) is 3.46. The molecule has 1 aliphatic heterocycles. The first-order valence-electron chi connectivity index (χ1n) is 6.97. The average Bonchev–Trinajstić information content (AvgIpc) is 2.71. The summed E-state index contributed by atoms with van der Waals surface area (Å²) in [6.45, 7) is 10.2. The van der Waals surface area contributed by atoms with Gasteiger partial charge in [-0.25, -0.2) is 0 Å². The number of rotatable bonds is 3. The summed E-state index contributed by atoms with van der Waals surface area (Å²) in [4.78, 5) is 28.8. The molecule has 2 unspecified atom stereocenters. The van der Waals surface area contributed by atoms with E-state index in [0.717, 1.165) is 4.88 Å². The van der Waals surface area contributed by atoms with Crippen molar-refractivity contribution in [3.63, 3.8) is 0 Å². The fourth-order valence-electron chi connectivity index (χ4n) is 2.41. The highest BCUT2D eigenvalue weighted by Gasteiger charge is 2.45. The van der Waals surface area contributed by atoms with Gasteiger partial charge in [-0.1, -0.05) is 6.92 Å². The maximum Gasteiger partial charge on any atom is 0.249 e. The van der Waals surface area contributed by atoms with Crippen LogP contribution in [0.15, 0.2) is 6.07 Å². The van der Waals surface area contributed by atoms with Gasteiger partial charge in [0, 0.05) is 9.75 Å². The Kier molecular flexibility index (Phi) is 3.91. The zero-order chi connectivity index (χ0) is 15.1. The molecule has 2 amide bonds. The van der Waals surface area contributed by atoms with E-state index in [1.165, 1.54) is 10.4 Å². The van der Waals surface area contributed by atoms with Crippen molar-refractivity contribution in [1.29, 1.82) is 0 Å². The number of thiophene rings is 1. The van der Waals surface area contributed by atoms with Crippen LogP contribution < -0.4 is 5.32 Å². The lowest BCUT2D eigenvalue weighted by atomic mass is 9.92. The lowest BCUT2D eigenvalue weighted by Gasteiger charge is -2.42. The Hall–Kier alpha value is -1.36.